The molecule has 3 rings (SSSR count). The molecule has 0 atom stereocenters. The van der Waals surface area contributed by atoms with Crippen molar-refractivity contribution in [2.45, 2.75) is 24.2 Å². The average Bonchev–Trinajstić information content (AvgIpc) is 2.87. The number of nitrogens with one attached hydrogen (secondary N) is 1. The first kappa shape index (κ1) is 18.0. The van der Waals surface area contributed by atoms with Crippen LogP contribution in [0.5, 0.6) is 11.5 Å². The number of quaternary nitrogens is 1. The van der Waals surface area contributed by atoms with Crippen molar-refractivity contribution in [3.05, 3.63) is 18.2 Å². The lowest BCUT2D eigenvalue weighted by Gasteiger charge is -2.31. The van der Waals surface area contributed by atoms with Crippen LogP contribution in [0.3, 0.4) is 0 Å². The van der Waals surface area contributed by atoms with Crippen LogP contribution in [0.4, 0.5) is 0 Å². The fraction of sp³-hybridized carbons (Fsp3) is 0.588. The van der Waals surface area contributed by atoms with E-state index >= 15 is 0 Å². The third-order valence-electron chi connectivity index (χ3n) is 4.61. The number of hydrogen-bond donors (Lipinski definition) is 1. The Morgan fingerprint density at radius 2 is 1.88 bits per heavy atom. The zero-order chi connectivity index (χ0) is 17.7. The van der Waals surface area contributed by atoms with Gasteiger partial charge in [-0.2, -0.15) is 9.57 Å². The molecule has 7 nitrogen and oxygen atoms in total. The molecule has 1 saturated heterocycles. The predicted molar refractivity (Wildman–Crippen MR) is 91.2 cm³/mol. The number of rotatable bonds is 5. The normalized spacial score (nSPS) is 19.2. The summed E-state index contributed by atoms with van der Waals surface area (Å²) in [7, 11) is -3.52. The molecule has 0 spiro atoms. The maximum atomic E-state index is 12.9. The summed E-state index contributed by atoms with van der Waals surface area (Å²) in [5.74, 6) is 1.10. The van der Waals surface area contributed by atoms with Crippen LogP contribution >= 0.6 is 0 Å². The van der Waals surface area contributed by atoms with Crippen LogP contribution in [0.25, 0.3) is 0 Å². The molecule has 0 aliphatic carbocycles. The molecule has 1 fully saturated rings. The van der Waals surface area contributed by atoms with E-state index in [9.17, 15) is 8.42 Å². The molecule has 2 heterocycles. The molecule has 8 heteroatoms. The van der Waals surface area contributed by atoms with E-state index in [1.807, 2.05) is 0 Å². The van der Waals surface area contributed by atoms with E-state index in [0.29, 0.717) is 44.2 Å². The maximum Gasteiger partial charge on any atom is 0.243 e. The quantitative estimate of drug-likeness (QED) is 0.744. The van der Waals surface area contributed by atoms with Crippen LogP contribution in [0.2, 0.25) is 0 Å². The Morgan fingerprint density at radius 1 is 1.16 bits per heavy atom. The van der Waals surface area contributed by atoms with Gasteiger partial charge in [0.2, 0.25) is 10.0 Å². The molecule has 136 valence electrons. The minimum Gasteiger partial charge on any atom is -0.490 e. The average molecular weight is 366 g/mol. The lowest BCUT2D eigenvalue weighted by molar-refractivity contribution is -0.903. The molecule has 25 heavy (non-hydrogen) atoms. The van der Waals surface area contributed by atoms with Gasteiger partial charge in [0.05, 0.1) is 56.9 Å². The number of fused-ring (bicyclic) bond motifs is 1. The van der Waals surface area contributed by atoms with Crippen molar-refractivity contribution < 1.29 is 22.8 Å². The number of unbranched alkanes of at least 4 members (excludes halogenated alkanes) is 1. The summed E-state index contributed by atoms with van der Waals surface area (Å²) in [5.41, 5.74) is 0. The number of benzene rings is 1. The second-order valence-electron chi connectivity index (χ2n) is 6.32. The smallest absolute Gasteiger partial charge is 0.243 e. The van der Waals surface area contributed by atoms with Crippen LogP contribution in [0.1, 0.15) is 19.3 Å². The third-order valence-corrected chi connectivity index (χ3v) is 6.50. The number of sulfonamides is 1. The van der Waals surface area contributed by atoms with Crippen LogP contribution in [-0.2, 0) is 10.0 Å². The van der Waals surface area contributed by atoms with Crippen LogP contribution in [0.15, 0.2) is 23.1 Å². The Balaban J connectivity index is 1.66. The number of ether oxygens (including phenoxy) is 2. The summed E-state index contributed by atoms with van der Waals surface area (Å²) in [6.07, 6.45) is 2.21. The molecule has 1 N–H and O–H groups in total. The Morgan fingerprint density at radius 3 is 2.60 bits per heavy atom. The summed E-state index contributed by atoms with van der Waals surface area (Å²) >= 11 is 0. The summed E-state index contributed by atoms with van der Waals surface area (Å²) < 4.78 is 38.5. The van der Waals surface area contributed by atoms with Gasteiger partial charge in [-0.1, -0.05) is 0 Å². The van der Waals surface area contributed by atoms with Gasteiger partial charge in [0.15, 0.2) is 11.5 Å². The summed E-state index contributed by atoms with van der Waals surface area (Å²) in [4.78, 5) is 1.62. The van der Waals surface area contributed by atoms with E-state index in [1.165, 1.54) is 4.90 Å². The molecule has 0 bridgehead atoms. The van der Waals surface area contributed by atoms with Gasteiger partial charge in [-0.15, -0.1) is 0 Å². The molecular formula is C17H24N3O4S+. The van der Waals surface area contributed by atoms with Gasteiger partial charge < -0.3 is 14.4 Å². The predicted octanol–water partition coefficient (Wildman–Crippen LogP) is 0.0409. The molecule has 0 aromatic heterocycles. The van der Waals surface area contributed by atoms with Crippen molar-refractivity contribution in [3.63, 3.8) is 0 Å². The zero-order valence-electron chi connectivity index (χ0n) is 14.2. The Hall–Kier alpha value is -1.82. The van der Waals surface area contributed by atoms with Gasteiger partial charge in [-0.05, 0) is 12.1 Å². The number of piperazine rings is 1. The minimum atomic E-state index is -3.52. The molecule has 0 unspecified atom stereocenters. The van der Waals surface area contributed by atoms with Crippen molar-refractivity contribution in [1.82, 2.24) is 4.31 Å². The van der Waals surface area contributed by atoms with Crippen molar-refractivity contribution in [3.8, 4) is 17.6 Å². The molecular weight excluding hydrogens is 342 g/mol. The Bertz CT molecular complexity index is 737. The molecule has 2 aliphatic rings. The van der Waals surface area contributed by atoms with E-state index in [1.54, 1.807) is 22.5 Å². The van der Waals surface area contributed by atoms with Crippen molar-refractivity contribution in [2.24, 2.45) is 0 Å². The van der Waals surface area contributed by atoms with Crippen LogP contribution in [0, 0.1) is 11.3 Å². The molecule has 0 saturated carbocycles. The zero-order valence-corrected chi connectivity index (χ0v) is 15.1. The second kappa shape index (κ2) is 8.04. The lowest BCUT2D eigenvalue weighted by Crippen LogP contribution is -3.14. The molecule has 1 aromatic rings. The van der Waals surface area contributed by atoms with E-state index in [0.717, 1.165) is 32.5 Å². The van der Waals surface area contributed by atoms with Gasteiger partial charge >= 0.3 is 0 Å². The van der Waals surface area contributed by atoms with Gasteiger partial charge in [0.25, 0.3) is 0 Å². The third kappa shape index (κ3) is 4.24. The van der Waals surface area contributed by atoms with Crippen molar-refractivity contribution >= 4 is 10.0 Å². The van der Waals surface area contributed by atoms with Gasteiger partial charge in [-0.3, -0.25) is 0 Å². The highest BCUT2D eigenvalue weighted by Gasteiger charge is 2.31. The SMILES string of the molecule is N#CCCC[NH+]1CCN(S(=O)(=O)c2ccc3c(c2)OCCCO3)CC1. The number of nitrogens with zero attached hydrogens (tertiary/aromatic N) is 2. The second-order valence-corrected chi connectivity index (χ2v) is 8.26. The maximum absolute atomic E-state index is 12.9. The number of nitriles is 1. The van der Waals surface area contributed by atoms with Gasteiger partial charge in [-0.25, -0.2) is 8.42 Å². The standard InChI is InChI=1S/C17H23N3O4S/c18-6-1-2-7-19-8-10-20(11-9-19)25(21,22)15-4-5-16-17(14-15)24-13-3-12-23-16/h4-5,14H,1-3,7-13H2/p+1. The highest BCUT2D eigenvalue weighted by molar-refractivity contribution is 7.89. The first-order valence-corrected chi connectivity index (χ1v) is 10.2. The Labute approximate surface area is 148 Å². The first-order chi connectivity index (χ1) is 12.1. The highest BCUT2D eigenvalue weighted by atomic mass is 32.2. The van der Waals surface area contributed by atoms with Crippen LogP contribution in [-0.4, -0.2) is 58.7 Å². The van der Waals surface area contributed by atoms with E-state index in [4.69, 9.17) is 14.7 Å². The summed E-state index contributed by atoms with van der Waals surface area (Å²) in [6.45, 7) is 4.57. The van der Waals surface area contributed by atoms with Gasteiger partial charge in [0, 0.05) is 25.3 Å². The molecule has 2 aliphatic heterocycles. The molecule has 0 radical (unpaired) electrons. The largest absolute Gasteiger partial charge is 0.490 e. The Kier molecular flexibility index (Phi) is 5.78. The van der Waals surface area contributed by atoms with E-state index < -0.39 is 10.0 Å². The van der Waals surface area contributed by atoms with Crippen molar-refractivity contribution in [2.75, 3.05) is 45.9 Å². The lowest BCUT2D eigenvalue weighted by atomic mass is 10.3. The summed E-state index contributed by atoms with van der Waals surface area (Å²) in [5, 5.41) is 8.61. The number of hydrogen-bond acceptors (Lipinski definition) is 5. The van der Waals surface area contributed by atoms with Crippen molar-refractivity contribution in [1.29, 1.82) is 5.26 Å². The molecule has 1 aromatic carbocycles. The van der Waals surface area contributed by atoms with Crippen LogP contribution < -0.4 is 14.4 Å². The summed E-state index contributed by atoms with van der Waals surface area (Å²) in [6, 6.07) is 6.99. The monoisotopic (exact) mass is 366 g/mol. The first-order valence-electron chi connectivity index (χ1n) is 8.71. The fourth-order valence-corrected chi connectivity index (χ4v) is 4.62. The minimum absolute atomic E-state index is 0.254. The topological polar surface area (TPSA) is 84.1 Å². The highest BCUT2D eigenvalue weighted by Crippen LogP contribution is 2.32. The molecule has 0 amide bonds. The van der Waals surface area contributed by atoms with Gasteiger partial charge in [0.1, 0.15) is 0 Å². The van der Waals surface area contributed by atoms with E-state index in [-0.39, 0.29) is 4.90 Å². The fourth-order valence-electron chi connectivity index (χ4n) is 3.16. The van der Waals surface area contributed by atoms with E-state index in [2.05, 4.69) is 6.07 Å².